The minimum atomic E-state index is -0.0546. The van der Waals surface area contributed by atoms with Gasteiger partial charge in [-0.25, -0.2) is 4.79 Å². The number of anilines is 2. The van der Waals surface area contributed by atoms with Gasteiger partial charge in [0, 0.05) is 35.9 Å². The summed E-state index contributed by atoms with van der Waals surface area (Å²) < 4.78 is 0. The summed E-state index contributed by atoms with van der Waals surface area (Å²) in [5.74, 6) is 0.440. The van der Waals surface area contributed by atoms with Crippen molar-refractivity contribution in [2.24, 2.45) is 0 Å². The SMILES string of the molecule is CC(C)c1ccc(CN2CCCN(c3cccc(NC(=O)Cc4cccs4)c3)C2=O)cc1. The predicted molar refractivity (Wildman–Crippen MR) is 131 cm³/mol. The van der Waals surface area contributed by atoms with Crippen LogP contribution in [-0.2, 0) is 17.8 Å². The van der Waals surface area contributed by atoms with Crippen molar-refractivity contribution < 1.29 is 9.59 Å². The fourth-order valence-corrected chi connectivity index (χ4v) is 4.63. The first-order valence-corrected chi connectivity index (χ1v) is 11.9. The summed E-state index contributed by atoms with van der Waals surface area (Å²) in [4.78, 5) is 30.3. The Kier molecular flexibility index (Phi) is 6.90. The number of urea groups is 1. The van der Waals surface area contributed by atoms with Gasteiger partial charge in [-0.1, -0.05) is 50.2 Å². The number of benzene rings is 2. The van der Waals surface area contributed by atoms with Gasteiger partial charge >= 0.3 is 6.03 Å². The minimum Gasteiger partial charge on any atom is -0.326 e. The Bertz CT molecular complexity index is 1060. The van der Waals surface area contributed by atoms with Crippen molar-refractivity contribution in [2.75, 3.05) is 23.3 Å². The lowest BCUT2D eigenvalue weighted by Gasteiger charge is -2.36. The lowest BCUT2D eigenvalue weighted by molar-refractivity contribution is -0.115. The lowest BCUT2D eigenvalue weighted by Crippen LogP contribution is -2.49. The molecular weight excluding hydrogens is 418 g/mol. The van der Waals surface area contributed by atoms with Crippen molar-refractivity contribution >= 4 is 34.6 Å². The van der Waals surface area contributed by atoms with E-state index in [1.165, 1.54) is 5.56 Å². The number of carbonyl (C=O) groups is 2. The number of nitrogens with one attached hydrogen (secondary N) is 1. The second kappa shape index (κ2) is 10.0. The molecule has 0 aliphatic carbocycles. The molecule has 32 heavy (non-hydrogen) atoms. The molecule has 3 amide bonds. The van der Waals surface area contributed by atoms with Crippen LogP contribution in [0.2, 0.25) is 0 Å². The number of rotatable bonds is 7. The molecule has 1 aromatic heterocycles. The standard InChI is InChI=1S/C26H29N3O2S/c1-19(2)21-11-9-20(10-12-21)18-28-13-5-14-29(26(28)31)23-7-3-6-22(16-23)27-25(30)17-24-8-4-15-32-24/h3-4,6-12,15-16,19H,5,13-14,17-18H2,1-2H3,(H,27,30). The van der Waals surface area contributed by atoms with E-state index in [0.717, 1.165) is 29.1 Å². The van der Waals surface area contributed by atoms with Crippen LogP contribution in [0.1, 0.15) is 42.2 Å². The van der Waals surface area contributed by atoms with Crippen molar-refractivity contribution in [1.82, 2.24) is 4.90 Å². The largest absolute Gasteiger partial charge is 0.326 e. The van der Waals surface area contributed by atoms with Gasteiger partial charge in [0.2, 0.25) is 5.91 Å². The molecule has 0 spiro atoms. The van der Waals surface area contributed by atoms with Crippen LogP contribution in [0.25, 0.3) is 0 Å². The second-order valence-electron chi connectivity index (χ2n) is 8.46. The average Bonchev–Trinajstić information content (AvgIpc) is 3.28. The molecule has 1 fully saturated rings. The zero-order chi connectivity index (χ0) is 22.5. The summed E-state index contributed by atoms with van der Waals surface area (Å²) in [7, 11) is 0. The molecule has 166 valence electrons. The van der Waals surface area contributed by atoms with Crippen molar-refractivity contribution in [2.45, 2.75) is 39.2 Å². The quantitative estimate of drug-likeness (QED) is 0.491. The molecular formula is C26H29N3O2S. The van der Waals surface area contributed by atoms with E-state index in [4.69, 9.17) is 0 Å². The highest BCUT2D eigenvalue weighted by atomic mass is 32.1. The van der Waals surface area contributed by atoms with E-state index in [-0.39, 0.29) is 11.9 Å². The first-order valence-electron chi connectivity index (χ1n) is 11.1. The highest BCUT2D eigenvalue weighted by molar-refractivity contribution is 7.10. The minimum absolute atomic E-state index is 0.00579. The first kappa shape index (κ1) is 22.1. The molecule has 0 bridgehead atoms. The lowest BCUT2D eigenvalue weighted by atomic mass is 10.0. The van der Waals surface area contributed by atoms with Crippen LogP contribution in [0.15, 0.2) is 66.0 Å². The van der Waals surface area contributed by atoms with Crippen molar-refractivity contribution in [3.63, 3.8) is 0 Å². The molecule has 0 unspecified atom stereocenters. The molecule has 1 aliphatic rings. The van der Waals surface area contributed by atoms with Crippen LogP contribution in [0.5, 0.6) is 0 Å². The van der Waals surface area contributed by atoms with Gasteiger partial charge in [0.05, 0.1) is 6.42 Å². The normalized spacial score (nSPS) is 14.2. The fraction of sp³-hybridized carbons (Fsp3) is 0.308. The van der Waals surface area contributed by atoms with Crippen LogP contribution in [-0.4, -0.2) is 29.9 Å². The van der Waals surface area contributed by atoms with E-state index < -0.39 is 0 Å². The zero-order valence-corrected chi connectivity index (χ0v) is 19.4. The third kappa shape index (κ3) is 5.37. The van der Waals surface area contributed by atoms with E-state index in [2.05, 4.69) is 43.4 Å². The number of hydrogen-bond donors (Lipinski definition) is 1. The maximum atomic E-state index is 13.2. The summed E-state index contributed by atoms with van der Waals surface area (Å²) in [5.41, 5.74) is 3.96. The van der Waals surface area contributed by atoms with Crippen molar-refractivity contribution in [1.29, 1.82) is 0 Å². The molecule has 0 saturated carbocycles. The van der Waals surface area contributed by atoms with Gasteiger partial charge in [-0.15, -0.1) is 11.3 Å². The van der Waals surface area contributed by atoms with Crippen LogP contribution >= 0.6 is 11.3 Å². The molecule has 1 saturated heterocycles. The Morgan fingerprint density at radius 1 is 1.06 bits per heavy atom. The van der Waals surface area contributed by atoms with E-state index in [0.29, 0.717) is 31.1 Å². The van der Waals surface area contributed by atoms with Crippen LogP contribution < -0.4 is 10.2 Å². The Hall–Kier alpha value is -3.12. The van der Waals surface area contributed by atoms with Crippen LogP contribution in [0, 0.1) is 0 Å². The van der Waals surface area contributed by atoms with Gasteiger partial charge in [-0.3, -0.25) is 9.69 Å². The Balaban J connectivity index is 1.42. The van der Waals surface area contributed by atoms with Crippen molar-refractivity contribution in [3.05, 3.63) is 82.0 Å². The van der Waals surface area contributed by atoms with E-state index >= 15 is 0 Å². The molecule has 1 aliphatic heterocycles. The van der Waals surface area contributed by atoms with E-state index in [1.54, 1.807) is 16.2 Å². The summed E-state index contributed by atoms with van der Waals surface area (Å²) in [6.45, 7) is 6.39. The molecule has 6 heteroatoms. The van der Waals surface area contributed by atoms with Gasteiger partial charge < -0.3 is 10.2 Å². The zero-order valence-electron chi connectivity index (χ0n) is 18.6. The smallest absolute Gasteiger partial charge is 0.324 e. The first-order chi connectivity index (χ1) is 15.5. The second-order valence-corrected chi connectivity index (χ2v) is 9.49. The third-order valence-electron chi connectivity index (χ3n) is 5.69. The predicted octanol–water partition coefficient (Wildman–Crippen LogP) is 5.89. The highest BCUT2D eigenvalue weighted by Gasteiger charge is 2.27. The topological polar surface area (TPSA) is 52.6 Å². The van der Waals surface area contributed by atoms with Gasteiger partial charge in [0.15, 0.2) is 0 Å². The molecule has 2 heterocycles. The van der Waals surface area contributed by atoms with Crippen LogP contribution in [0.4, 0.5) is 16.2 Å². The summed E-state index contributed by atoms with van der Waals surface area (Å²) in [6, 6.07) is 20.0. The summed E-state index contributed by atoms with van der Waals surface area (Å²) >= 11 is 1.57. The highest BCUT2D eigenvalue weighted by Crippen LogP contribution is 2.25. The summed E-state index contributed by atoms with van der Waals surface area (Å²) in [5, 5.41) is 4.92. The average molecular weight is 448 g/mol. The van der Waals surface area contributed by atoms with Crippen LogP contribution in [0.3, 0.4) is 0 Å². The molecule has 0 atom stereocenters. The number of thiophene rings is 1. The van der Waals surface area contributed by atoms with Gasteiger partial charge in [-0.2, -0.15) is 0 Å². The van der Waals surface area contributed by atoms with Gasteiger partial charge in [0.25, 0.3) is 0 Å². The Morgan fingerprint density at radius 2 is 1.88 bits per heavy atom. The van der Waals surface area contributed by atoms with E-state index in [1.807, 2.05) is 46.7 Å². The number of nitrogens with zero attached hydrogens (tertiary/aromatic N) is 2. The number of carbonyl (C=O) groups excluding carboxylic acids is 2. The Labute approximate surface area is 193 Å². The summed E-state index contributed by atoms with van der Waals surface area (Å²) in [6.07, 6.45) is 1.26. The maximum absolute atomic E-state index is 13.2. The third-order valence-corrected chi connectivity index (χ3v) is 6.56. The maximum Gasteiger partial charge on any atom is 0.324 e. The monoisotopic (exact) mass is 447 g/mol. The van der Waals surface area contributed by atoms with Gasteiger partial charge in [-0.05, 0) is 53.1 Å². The molecule has 1 N–H and O–H groups in total. The molecule has 3 aromatic rings. The molecule has 2 aromatic carbocycles. The van der Waals surface area contributed by atoms with Crippen molar-refractivity contribution in [3.8, 4) is 0 Å². The molecule has 4 rings (SSSR count). The van der Waals surface area contributed by atoms with Gasteiger partial charge in [0.1, 0.15) is 0 Å². The molecule has 5 nitrogen and oxygen atoms in total. The number of amides is 3. The fourth-order valence-electron chi connectivity index (χ4n) is 3.92. The number of hydrogen-bond acceptors (Lipinski definition) is 3. The Morgan fingerprint density at radius 3 is 2.59 bits per heavy atom. The van der Waals surface area contributed by atoms with E-state index in [9.17, 15) is 9.59 Å². The molecule has 0 radical (unpaired) electrons.